The zero-order valence-corrected chi connectivity index (χ0v) is 13.4. The molecule has 0 bridgehead atoms. The van der Waals surface area contributed by atoms with Crippen LogP contribution in [0.15, 0.2) is 9.27 Å². The molecular formula is C13H18BrN5O. The van der Waals surface area contributed by atoms with Crippen molar-refractivity contribution in [3.63, 3.8) is 0 Å². The fourth-order valence-corrected chi connectivity index (χ4v) is 3.12. The third-order valence-electron chi connectivity index (χ3n) is 3.78. The van der Waals surface area contributed by atoms with E-state index in [1.54, 1.807) is 9.25 Å². The van der Waals surface area contributed by atoms with Gasteiger partial charge in [0.2, 0.25) is 0 Å². The summed E-state index contributed by atoms with van der Waals surface area (Å²) in [6, 6.07) is 0. The number of aryl methyl sites for hydroxylation is 3. The number of aromatic nitrogens is 5. The predicted molar refractivity (Wildman–Crippen MR) is 78.9 cm³/mol. The molecule has 0 aliphatic carbocycles. The smallest absolute Gasteiger partial charge is 0.279 e. The van der Waals surface area contributed by atoms with E-state index in [-0.39, 0.29) is 5.69 Å². The lowest BCUT2D eigenvalue weighted by Crippen LogP contribution is -2.28. The van der Waals surface area contributed by atoms with E-state index in [2.05, 4.69) is 26.1 Å². The predicted octanol–water partition coefficient (Wildman–Crippen LogP) is 1.72. The summed E-state index contributed by atoms with van der Waals surface area (Å²) < 4.78 is 6.26. The third-order valence-corrected chi connectivity index (χ3v) is 4.82. The number of nitrogens with zero attached hydrogens (tertiary/aromatic N) is 5. The molecule has 0 atom stereocenters. The standard InChI is InChI=1S/C13H18BrN5O/c1-3-18-10(12(14)9(2)15-18)8-19-13(20)17-7-5-4-6-11(17)16-19/h3-8H2,1-2H3. The van der Waals surface area contributed by atoms with Crippen LogP contribution in [0.3, 0.4) is 0 Å². The fourth-order valence-electron chi connectivity index (χ4n) is 2.71. The molecule has 1 aliphatic heterocycles. The van der Waals surface area contributed by atoms with Gasteiger partial charge < -0.3 is 0 Å². The molecule has 108 valence electrons. The van der Waals surface area contributed by atoms with E-state index in [4.69, 9.17) is 0 Å². The molecule has 0 saturated carbocycles. The molecule has 2 aromatic heterocycles. The first-order chi connectivity index (χ1) is 9.61. The highest BCUT2D eigenvalue weighted by atomic mass is 79.9. The molecule has 0 spiro atoms. The summed E-state index contributed by atoms with van der Waals surface area (Å²) in [6.45, 7) is 6.05. The van der Waals surface area contributed by atoms with Crippen molar-refractivity contribution in [3.05, 3.63) is 32.2 Å². The Morgan fingerprint density at radius 1 is 1.25 bits per heavy atom. The van der Waals surface area contributed by atoms with Crippen molar-refractivity contribution in [2.45, 2.75) is 52.7 Å². The maximum absolute atomic E-state index is 12.4. The molecule has 3 rings (SSSR count). The van der Waals surface area contributed by atoms with E-state index < -0.39 is 0 Å². The van der Waals surface area contributed by atoms with Crippen LogP contribution >= 0.6 is 15.9 Å². The van der Waals surface area contributed by atoms with Crippen LogP contribution in [-0.4, -0.2) is 24.1 Å². The van der Waals surface area contributed by atoms with Gasteiger partial charge in [-0.15, -0.1) is 0 Å². The summed E-state index contributed by atoms with van der Waals surface area (Å²) in [5.41, 5.74) is 1.94. The Hall–Kier alpha value is -1.37. The summed E-state index contributed by atoms with van der Waals surface area (Å²) in [6.07, 6.45) is 3.08. The maximum atomic E-state index is 12.4. The van der Waals surface area contributed by atoms with Crippen molar-refractivity contribution in [1.29, 1.82) is 0 Å². The Labute approximate surface area is 125 Å². The monoisotopic (exact) mass is 339 g/mol. The molecule has 2 aromatic rings. The highest BCUT2D eigenvalue weighted by Crippen LogP contribution is 2.21. The van der Waals surface area contributed by atoms with Crippen LogP contribution in [0, 0.1) is 6.92 Å². The van der Waals surface area contributed by atoms with Gasteiger partial charge in [0.15, 0.2) is 0 Å². The molecule has 0 unspecified atom stereocenters. The molecule has 0 saturated heterocycles. The van der Waals surface area contributed by atoms with E-state index >= 15 is 0 Å². The fraction of sp³-hybridized carbons (Fsp3) is 0.615. The maximum Gasteiger partial charge on any atom is 0.346 e. The SMILES string of the molecule is CCn1nc(C)c(Br)c1Cn1nc2n(c1=O)CCCC2. The molecule has 0 N–H and O–H groups in total. The Morgan fingerprint density at radius 2 is 2.05 bits per heavy atom. The molecule has 20 heavy (non-hydrogen) atoms. The molecule has 7 heteroatoms. The van der Waals surface area contributed by atoms with Crippen LogP contribution in [0.4, 0.5) is 0 Å². The summed E-state index contributed by atoms with van der Waals surface area (Å²) in [5.74, 6) is 0.914. The van der Waals surface area contributed by atoms with Crippen LogP contribution in [0.2, 0.25) is 0 Å². The van der Waals surface area contributed by atoms with Crippen molar-refractivity contribution in [1.82, 2.24) is 24.1 Å². The second-order valence-corrected chi connectivity index (χ2v) is 5.92. The molecule has 3 heterocycles. The molecule has 6 nitrogen and oxygen atoms in total. The lowest BCUT2D eigenvalue weighted by atomic mass is 10.2. The van der Waals surface area contributed by atoms with Crippen molar-refractivity contribution >= 4 is 15.9 Å². The number of fused-ring (bicyclic) bond motifs is 1. The van der Waals surface area contributed by atoms with Gasteiger partial charge in [-0.05, 0) is 42.6 Å². The van der Waals surface area contributed by atoms with Crippen LogP contribution in [0.5, 0.6) is 0 Å². The summed E-state index contributed by atoms with van der Waals surface area (Å²) in [5, 5.41) is 8.93. The van der Waals surface area contributed by atoms with Gasteiger partial charge in [0.05, 0.1) is 22.4 Å². The first-order valence-corrected chi connectivity index (χ1v) is 7.79. The van der Waals surface area contributed by atoms with Gasteiger partial charge in [0.1, 0.15) is 5.82 Å². The first-order valence-electron chi connectivity index (χ1n) is 7.00. The van der Waals surface area contributed by atoms with Crippen molar-refractivity contribution in [2.75, 3.05) is 0 Å². The third kappa shape index (κ3) is 2.13. The minimum absolute atomic E-state index is 0.00638. The molecule has 0 aromatic carbocycles. The normalized spacial score (nSPS) is 14.6. The lowest BCUT2D eigenvalue weighted by Gasteiger charge is -2.09. The zero-order valence-electron chi connectivity index (χ0n) is 11.8. The minimum Gasteiger partial charge on any atom is -0.279 e. The number of hydrogen-bond donors (Lipinski definition) is 0. The van der Waals surface area contributed by atoms with Gasteiger partial charge in [-0.2, -0.15) is 10.2 Å². The minimum atomic E-state index is -0.00638. The summed E-state index contributed by atoms with van der Waals surface area (Å²) in [4.78, 5) is 12.4. The van der Waals surface area contributed by atoms with E-state index in [9.17, 15) is 4.79 Å². The van der Waals surface area contributed by atoms with Gasteiger partial charge in [0.25, 0.3) is 0 Å². The van der Waals surface area contributed by atoms with Crippen LogP contribution in [-0.2, 0) is 26.1 Å². The average molecular weight is 340 g/mol. The Bertz CT molecular complexity index is 696. The van der Waals surface area contributed by atoms with Crippen LogP contribution in [0.1, 0.15) is 37.0 Å². The average Bonchev–Trinajstić information content (AvgIpc) is 2.92. The highest BCUT2D eigenvalue weighted by molar-refractivity contribution is 9.10. The first kappa shape index (κ1) is 13.6. The summed E-state index contributed by atoms with van der Waals surface area (Å²) in [7, 11) is 0. The lowest BCUT2D eigenvalue weighted by molar-refractivity contribution is 0.510. The quantitative estimate of drug-likeness (QED) is 0.855. The second-order valence-electron chi connectivity index (χ2n) is 5.13. The van der Waals surface area contributed by atoms with E-state index in [0.717, 1.165) is 54.0 Å². The molecule has 0 radical (unpaired) electrons. The van der Waals surface area contributed by atoms with Crippen molar-refractivity contribution in [3.8, 4) is 0 Å². The molecule has 0 amide bonds. The Kier molecular flexibility index (Phi) is 3.54. The highest BCUT2D eigenvalue weighted by Gasteiger charge is 2.19. The van der Waals surface area contributed by atoms with Gasteiger partial charge in [-0.3, -0.25) is 9.25 Å². The topological polar surface area (TPSA) is 57.6 Å². The molecule has 0 fully saturated rings. The Morgan fingerprint density at radius 3 is 2.75 bits per heavy atom. The molecule has 1 aliphatic rings. The second kappa shape index (κ2) is 5.20. The van der Waals surface area contributed by atoms with Gasteiger partial charge in [-0.1, -0.05) is 0 Å². The summed E-state index contributed by atoms with van der Waals surface area (Å²) >= 11 is 3.56. The largest absolute Gasteiger partial charge is 0.346 e. The van der Waals surface area contributed by atoms with Gasteiger partial charge in [-0.25, -0.2) is 9.48 Å². The Balaban J connectivity index is 2.00. The van der Waals surface area contributed by atoms with Gasteiger partial charge >= 0.3 is 5.69 Å². The number of rotatable bonds is 3. The van der Waals surface area contributed by atoms with Gasteiger partial charge in [0, 0.05) is 19.5 Å². The zero-order chi connectivity index (χ0) is 14.3. The van der Waals surface area contributed by atoms with Crippen LogP contribution in [0.25, 0.3) is 0 Å². The van der Waals surface area contributed by atoms with Crippen LogP contribution < -0.4 is 5.69 Å². The van der Waals surface area contributed by atoms with E-state index in [1.807, 2.05) is 18.5 Å². The van der Waals surface area contributed by atoms with E-state index in [0.29, 0.717) is 6.54 Å². The molecular weight excluding hydrogens is 322 g/mol. The number of halogens is 1. The van der Waals surface area contributed by atoms with Crippen molar-refractivity contribution < 1.29 is 0 Å². The van der Waals surface area contributed by atoms with Crippen molar-refractivity contribution in [2.24, 2.45) is 0 Å². The van der Waals surface area contributed by atoms with E-state index in [1.165, 1.54) is 0 Å². The number of hydrogen-bond acceptors (Lipinski definition) is 3.